The van der Waals surface area contributed by atoms with E-state index in [0.29, 0.717) is 41.0 Å². The summed E-state index contributed by atoms with van der Waals surface area (Å²) in [7, 11) is 0. The number of hydrogen-bond donors (Lipinski definition) is 1. The minimum atomic E-state index is -0.342. The van der Waals surface area contributed by atoms with Crippen molar-refractivity contribution >= 4 is 34.0 Å². The molecular formula is C22H17Cl2N3O3. The molecule has 1 N–H and O–H groups in total. The Balaban J connectivity index is 1.35. The molecule has 0 saturated heterocycles. The van der Waals surface area contributed by atoms with E-state index in [4.69, 9.17) is 27.9 Å². The van der Waals surface area contributed by atoms with E-state index in [1.165, 1.54) is 4.57 Å². The van der Waals surface area contributed by atoms with Crippen LogP contribution >= 0.6 is 23.2 Å². The molecule has 2 aromatic heterocycles. The van der Waals surface area contributed by atoms with E-state index in [2.05, 4.69) is 11.1 Å². The van der Waals surface area contributed by atoms with E-state index in [0.717, 1.165) is 16.3 Å². The highest BCUT2D eigenvalue weighted by atomic mass is 35.5. The van der Waals surface area contributed by atoms with Crippen molar-refractivity contribution in [1.82, 2.24) is 14.1 Å². The van der Waals surface area contributed by atoms with Crippen molar-refractivity contribution in [2.24, 2.45) is 0 Å². The van der Waals surface area contributed by atoms with Crippen LogP contribution in [0.15, 0.2) is 59.7 Å². The highest BCUT2D eigenvalue weighted by Crippen LogP contribution is 2.30. The average molecular weight is 442 g/mol. The molecule has 2 aromatic carbocycles. The van der Waals surface area contributed by atoms with Gasteiger partial charge in [0, 0.05) is 34.2 Å². The number of halogens is 2. The van der Waals surface area contributed by atoms with Gasteiger partial charge in [0.2, 0.25) is 5.88 Å². The minimum Gasteiger partial charge on any atom is -0.493 e. The molecule has 152 valence electrons. The minimum absolute atomic E-state index is 0.109. The van der Waals surface area contributed by atoms with Crippen LogP contribution in [-0.4, -0.2) is 25.3 Å². The standard InChI is InChI=1S/C22H17Cl2N3O3/c23-16-6-17(24)8-18(7-16)27-21(28)20-9-19(11-26(20)22(27)29)30-12-13-1-2-15-10-25-4-3-14(15)5-13/h1-8,10,19,28H,9,11-12H2/t19-/m0/s1. The smallest absolute Gasteiger partial charge is 0.336 e. The summed E-state index contributed by atoms with van der Waals surface area (Å²) in [5, 5.41) is 13.6. The molecular weight excluding hydrogens is 425 g/mol. The third-order valence-corrected chi connectivity index (χ3v) is 5.76. The van der Waals surface area contributed by atoms with Gasteiger partial charge in [-0.15, -0.1) is 0 Å². The molecule has 6 nitrogen and oxygen atoms in total. The molecule has 30 heavy (non-hydrogen) atoms. The Morgan fingerprint density at radius 2 is 1.90 bits per heavy atom. The van der Waals surface area contributed by atoms with E-state index < -0.39 is 0 Å². The molecule has 4 aromatic rings. The van der Waals surface area contributed by atoms with Crippen LogP contribution in [0, 0.1) is 0 Å². The Kier molecular flexibility index (Phi) is 4.77. The summed E-state index contributed by atoms with van der Waals surface area (Å²) in [6.07, 6.45) is 3.84. The van der Waals surface area contributed by atoms with Crippen molar-refractivity contribution < 1.29 is 9.84 Å². The molecule has 8 heteroatoms. The fourth-order valence-corrected chi connectivity index (χ4v) is 4.41. The lowest BCUT2D eigenvalue weighted by molar-refractivity contribution is 0.0409. The Hall–Kier alpha value is -2.80. The van der Waals surface area contributed by atoms with Crippen molar-refractivity contribution in [3.05, 3.63) is 86.6 Å². The van der Waals surface area contributed by atoms with E-state index in [1.807, 2.05) is 24.4 Å². The number of benzene rings is 2. The van der Waals surface area contributed by atoms with E-state index in [-0.39, 0.29) is 17.7 Å². The molecule has 0 radical (unpaired) electrons. The zero-order chi connectivity index (χ0) is 20.8. The molecule has 0 saturated carbocycles. The van der Waals surface area contributed by atoms with Crippen LogP contribution in [0.2, 0.25) is 10.0 Å². The monoisotopic (exact) mass is 441 g/mol. The van der Waals surface area contributed by atoms with Crippen LogP contribution in [0.1, 0.15) is 11.3 Å². The number of ether oxygens (including phenoxy) is 1. The fourth-order valence-electron chi connectivity index (χ4n) is 3.90. The van der Waals surface area contributed by atoms with Crippen LogP contribution in [0.5, 0.6) is 5.88 Å². The first-order chi connectivity index (χ1) is 14.5. The maximum Gasteiger partial charge on any atom is 0.336 e. The number of fused-ring (bicyclic) bond motifs is 2. The Labute approximate surface area is 181 Å². The number of imidazole rings is 1. The SMILES string of the molecule is O=c1n2c(c(O)n1-c1cc(Cl)cc(Cl)c1)C[C@H](OCc1ccc3cnccc3c1)C2. The molecule has 0 fully saturated rings. The largest absolute Gasteiger partial charge is 0.493 e. The highest BCUT2D eigenvalue weighted by Gasteiger charge is 2.31. The van der Waals surface area contributed by atoms with Crippen molar-refractivity contribution in [2.45, 2.75) is 25.7 Å². The van der Waals surface area contributed by atoms with Crippen LogP contribution in [-0.2, 0) is 24.3 Å². The van der Waals surface area contributed by atoms with Crippen LogP contribution < -0.4 is 5.69 Å². The molecule has 0 spiro atoms. The molecule has 0 aliphatic carbocycles. The first-order valence-electron chi connectivity index (χ1n) is 9.44. The number of rotatable bonds is 4. The topological polar surface area (TPSA) is 69.3 Å². The summed E-state index contributed by atoms with van der Waals surface area (Å²) in [4.78, 5) is 17.0. The van der Waals surface area contributed by atoms with Crippen LogP contribution in [0.3, 0.4) is 0 Å². The number of pyridine rings is 1. The third kappa shape index (κ3) is 3.37. The number of aromatic hydroxyl groups is 1. The van der Waals surface area contributed by atoms with Crippen LogP contribution in [0.4, 0.5) is 0 Å². The fraction of sp³-hybridized carbons (Fsp3) is 0.182. The first-order valence-corrected chi connectivity index (χ1v) is 10.2. The molecule has 3 heterocycles. The van der Waals surface area contributed by atoms with Gasteiger partial charge in [-0.25, -0.2) is 9.36 Å². The predicted octanol–water partition coefficient (Wildman–Crippen LogP) is 4.34. The zero-order valence-corrected chi connectivity index (χ0v) is 17.3. The second-order valence-electron chi connectivity index (χ2n) is 7.32. The summed E-state index contributed by atoms with van der Waals surface area (Å²) in [5.41, 5.74) is 1.68. The van der Waals surface area contributed by atoms with Gasteiger partial charge in [-0.1, -0.05) is 35.3 Å². The quantitative estimate of drug-likeness (QED) is 0.511. The molecule has 0 bridgehead atoms. The Morgan fingerprint density at radius 3 is 2.67 bits per heavy atom. The lowest BCUT2D eigenvalue weighted by Crippen LogP contribution is -2.26. The van der Waals surface area contributed by atoms with Crippen molar-refractivity contribution in [1.29, 1.82) is 0 Å². The Morgan fingerprint density at radius 1 is 1.10 bits per heavy atom. The lowest BCUT2D eigenvalue weighted by atomic mass is 10.1. The molecule has 0 amide bonds. The summed E-state index contributed by atoms with van der Waals surface area (Å²) in [6, 6.07) is 12.8. The summed E-state index contributed by atoms with van der Waals surface area (Å²) >= 11 is 12.1. The average Bonchev–Trinajstić information content (AvgIpc) is 3.24. The highest BCUT2D eigenvalue weighted by molar-refractivity contribution is 6.34. The van der Waals surface area contributed by atoms with Gasteiger partial charge in [-0.2, -0.15) is 0 Å². The van der Waals surface area contributed by atoms with Crippen molar-refractivity contribution in [3.63, 3.8) is 0 Å². The summed E-state index contributed by atoms with van der Waals surface area (Å²) in [6.45, 7) is 0.799. The lowest BCUT2D eigenvalue weighted by Gasteiger charge is -2.12. The van der Waals surface area contributed by atoms with Gasteiger partial charge in [0.25, 0.3) is 0 Å². The van der Waals surface area contributed by atoms with E-state index in [1.54, 1.807) is 29.0 Å². The maximum atomic E-state index is 12.9. The van der Waals surface area contributed by atoms with E-state index in [9.17, 15) is 9.90 Å². The van der Waals surface area contributed by atoms with Crippen molar-refractivity contribution in [3.8, 4) is 11.6 Å². The van der Waals surface area contributed by atoms with Crippen LogP contribution in [0.25, 0.3) is 16.5 Å². The number of hydrogen-bond acceptors (Lipinski definition) is 4. The molecule has 1 aliphatic heterocycles. The first kappa shape index (κ1) is 19.2. The second-order valence-corrected chi connectivity index (χ2v) is 8.19. The summed E-state index contributed by atoms with van der Waals surface area (Å²) in [5.74, 6) is -0.109. The third-order valence-electron chi connectivity index (χ3n) is 5.32. The molecule has 1 aliphatic rings. The second kappa shape index (κ2) is 7.47. The maximum absolute atomic E-state index is 12.9. The molecule has 0 unspecified atom stereocenters. The number of nitrogens with zero attached hydrogens (tertiary/aromatic N) is 3. The van der Waals surface area contributed by atoms with E-state index >= 15 is 0 Å². The van der Waals surface area contributed by atoms with Crippen molar-refractivity contribution in [2.75, 3.05) is 0 Å². The van der Waals surface area contributed by atoms with Gasteiger partial charge in [-0.3, -0.25) is 9.55 Å². The molecule has 1 atom stereocenters. The van der Waals surface area contributed by atoms with Gasteiger partial charge in [0.1, 0.15) is 0 Å². The van der Waals surface area contributed by atoms with Gasteiger partial charge < -0.3 is 9.84 Å². The van der Waals surface area contributed by atoms with Gasteiger partial charge in [-0.05, 0) is 41.3 Å². The van der Waals surface area contributed by atoms with Gasteiger partial charge >= 0.3 is 5.69 Å². The Bertz CT molecular complexity index is 1310. The predicted molar refractivity (Wildman–Crippen MR) is 116 cm³/mol. The zero-order valence-electron chi connectivity index (χ0n) is 15.8. The molecule has 5 rings (SSSR count). The summed E-state index contributed by atoms with van der Waals surface area (Å²) < 4.78 is 8.80. The van der Waals surface area contributed by atoms with Gasteiger partial charge in [0.05, 0.1) is 30.6 Å². The van der Waals surface area contributed by atoms with Gasteiger partial charge in [0.15, 0.2) is 0 Å². The normalized spacial score (nSPS) is 15.6. The number of aromatic nitrogens is 3.